The van der Waals surface area contributed by atoms with E-state index in [0.29, 0.717) is 0 Å². The molecule has 0 saturated carbocycles. The molecule has 3 heteroatoms. The van der Waals surface area contributed by atoms with Crippen molar-refractivity contribution in [2.75, 3.05) is 6.61 Å². The molecule has 1 unspecified atom stereocenters. The Bertz CT molecular complexity index is 190. The summed E-state index contributed by atoms with van der Waals surface area (Å²) in [6, 6.07) is 3.77. The Morgan fingerprint density at radius 3 is 3.00 bits per heavy atom. The Balaban J connectivity index is 2.75. The molecule has 0 amide bonds. The third kappa shape index (κ3) is 1.78. The van der Waals surface area contributed by atoms with Crippen molar-refractivity contribution in [3.05, 3.63) is 30.1 Å². The molecule has 1 atom stereocenters. The molecule has 1 aromatic rings. The molecule has 2 nitrogen and oxygen atoms in total. The largest absolute Gasteiger partial charge is 0.395 e. The average molecular weight is 202 g/mol. The van der Waals surface area contributed by atoms with Gasteiger partial charge < -0.3 is 5.11 Å². The molecule has 0 aromatic carbocycles. The van der Waals surface area contributed by atoms with Gasteiger partial charge in [0, 0.05) is 12.4 Å². The monoisotopic (exact) mass is 201 g/mol. The number of hydrogen-bond donors (Lipinski definition) is 1. The van der Waals surface area contributed by atoms with Crippen LogP contribution in [0.4, 0.5) is 0 Å². The van der Waals surface area contributed by atoms with Crippen molar-refractivity contribution in [1.29, 1.82) is 0 Å². The van der Waals surface area contributed by atoms with Gasteiger partial charge in [-0.3, -0.25) is 4.98 Å². The van der Waals surface area contributed by atoms with E-state index < -0.39 is 0 Å². The van der Waals surface area contributed by atoms with Gasteiger partial charge in [-0.05, 0) is 11.6 Å². The maximum Gasteiger partial charge on any atom is 0.0641 e. The van der Waals surface area contributed by atoms with E-state index in [4.69, 9.17) is 5.11 Å². The summed E-state index contributed by atoms with van der Waals surface area (Å²) in [6.45, 7) is 0.103. The highest BCUT2D eigenvalue weighted by Gasteiger charge is 2.03. The fourth-order valence-corrected chi connectivity index (χ4v) is 0.937. The van der Waals surface area contributed by atoms with Crippen LogP contribution in [-0.4, -0.2) is 16.7 Å². The standard InChI is InChI=1S/C7H8BrNO/c8-7(5-10)6-2-1-3-9-4-6/h1-4,7,10H,5H2. The van der Waals surface area contributed by atoms with E-state index in [2.05, 4.69) is 20.9 Å². The van der Waals surface area contributed by atoms with E-state index >= 15 is 0 Å². The van der Waals surface area contributed by atoms with Crippen molar-refractivity contribution in [1.82, 2.24) is 4.98 Å². The molecule has 0 aliphatic carbocycles. The van der Waals surface area contributed by atoms with Crippen LogP contribution in [0.1, 0.15) is 10.4 Å². The molecule has 54 valence electrons. The molecule has 0 aliphatic rings. The normalized spacial score (nSPS) is 13.0. The van der Waals surface area contributed by atoms with Crippen LogP contribution >= 0.6 is 15.9 Å². The second kappa shape index (κ2) is 3.68. The van der Waals surface area contributed by atoms with Gasteiger partial charge in [0.2, 0.25) is 0 Å². The van der Waals surface area contributed by atoms with E-state index in [-0.39, 0.29) is 11.4 Å². The molecular formula is C7H8BrNO. The summed E-state index contributed by atoms with van der Waals surface area (Å²) in [4.78, 5) is 3.93. The summed E-state index contributed by atoms with van der Waals surface area (Å²) >= 11 is 3.29. The first-order chi connectivity index (χ1) is 4.84. The Morgan fingerprint density at radius 1 is 1.70 bits per heavy atom. The van der Waals surface area contributed by atoms with Crippen LogP contribution in [0.25, 0.3) is 0 Å². The number of aliphatic hydroxyl groups is 1. The quantitative estimate of drug-likeness (QED) is 0.737. The number of alkyl halides is 1. The predicted octanol–water partition coefficient (Wildman–Crippen LogP) is 1.51. The van der Waals surface area contributed by atoms with Crippen LogP contribution in [-0.2, 0) is 0 Å². The molecule has 1 heterocycles. The van der Waals surface area contributed by atoms with Crippen molar-refractivity contribution in [2.24, 2.45) is 0 Å². The van der Waals surface area contributed by atoms with Crippen molar-refractivity contribution in [3.63, 3.8) is 0 Å². The first-order valence-corrected chi connectivity index (χ1v) is 3.91. The van der Waals surface area contributed by atoms with Gasteiger partial charge in [0.05, 0.1) is 11.4 Å². The number of hydrogen-bond acceptors (Lipinski definition) is 2. The van der Waals surface area contributed by atoms with Crippen LogP contribution < -0.4 is 0 Å². The summed E-state index contributed by atoms with van der Waals surface area (Å²) < 4.78 is 0. The second-order valence-corrected chi connectivity index (χ2v) is 3.04. The zero-order valence-corrected chi connectivity index (χ0v) is 6.95. The fraction of sp³-hybridized carbons (Fsp3) is 0.286. The van der Waals surface area contributed by atoms with E-state index in [1.165, 1.54) is 0 Å². The smallest absolute Gasteiger partial charge is 0.0641 e. The molecule has 1 rings (SSSR count). The molecule has 10 heavy (non-hydrogen) atoms. The SMILES string of the molecule is OCC(Br)c1cccnc1. The first-order valence-electron chi connectivity index (χ1n) is 2.99. The first kappa shape index (κ1) is 7.69. The van der Waals surface area contributed by atoms with E-state index in [1.807, 2.05) is 12.1 Å². The van der Waals surface area contributed by atoms with Gasteiger partial charge in [0.1, 0.15) is 0 Å². The van der Waals surface area contributed by atoms with Crippen LogP contribution in [0.15, 0.2) is 24.5 Å². The third-order valence-electron chi connectivity index (χ3n) is 1.21. The maximum atomic E-state index is 8.71. The molecule has 0 saturated heterocycles. The summed E-state index contributed by atoms with van der Waals surface area (Å²) in [5, 5.41) is 8.71. The van der Waals surface area contributed by atoms with Crippen LogP contribution in [0.3, 0.4) is 0 Å². The predicted molar refractivity (Wildman–Crippen MR) is 43.0 cm³/mol. The lowest BCUT2D eigenvalue weighted by Gasteiger charge is -2.03. The van der Waals surface area contributed by atoms with Gasteiger partial charge in [-0.1, -0.05) is 22.0 Å². The molecule has 0 bridgehead atoms. The summed E-state index contributed by atoms with van der Waals surface area (Å²) in [5.74, 6) is 0. The van der Waals surface area contributed by atoms with Crippen LogP contribution in [0.5, 0.6) is 0 Å². The maximum absolute atomic E-state index is 8.71. The van der Waals surface area contributed by atoms with E-state index in [9.17, 15) is 0 Å². The topological polar surface area (TPSA) is 33.1 Å². The number of aromatic nitrogens is 1. The van der Waals surface area contributed by atoms with E-state index in [1.54, 1.807) is 12.4 Å². The number of aliphatic hydroxyl groups excluding tert-OH is 1. The number of nitrogens with zero attached hydrogens (tertiary/aromatic N) is 1. The molecule has 1 aromatic heterocycles. The Kier molecular flexibility index (Phi) is 2.83. The van der Waals surface area contributed by atoms with Crippen LogP contribution in [0.2, 0.25) is 0 Å². The van der Waals surface area contributed by atoms with Gasteiger partial charge in [-0.2, -0.15) is 0 Å². The Labute approximate surface area is 68.0 Å². The lowest BCUT2D eigenvalue weighted by molar-refractivity contribution is 0.298. The van der Waals surface area contributed by atoms with Crippen molar-refractivity contribution < 1.29 is 5.11 Å². The van der Waals surface area contributed by atoms with Gasteiger partial charge in [0.25, 0.3) is 0 Å². The number of pyridine rings is 1. The van der Waals surface area contributed by atoms with Gasteiger partial charge in [0.15, 0.2) is 0 Å². The highest BCUT2D eigenvalue weighted by Crippen LogP contribution is 2.19. The Hall–Kier alpha value is -0.410. The highest BCUT2D eigenvalue weighted by atomic mass is 79.9. The van der Waals surface area contributed by atoms with Crippen molar-refractivity contribution in [3.8, 4) is 0 Å². The average Bonchev–Trinajstić information content (AvgIpc) is 2.05. The summed E-state index contributed by atoms with van der Waals surface area (Å²) in [5.41, 5.74) is 1.00. The van der Waals surface area contributed by atoms with Crippen LogP contribution in [0, 0.1) is 0 Å². The minimum Gasteiger partial charge on any atom is -0.395 e. The zero-order chi connectivity index (χ0) is 7.40. The van der Waals surface area contributed by atoms with Crippen molar-refractivity contribution >= 4 is 15.9 Å². The van der Waals surface area contributed by atoms with E-state index in [0.717, 1.165) is 5.56 Å². The minimum atomic E-state index is 0.0150. The van der Waals surface area contributed by atoms with Gasteiger partial charge in [-0.25, -0.2) is 0 Å². The lowest BCUT2D eigenvalue weighted by Crippen LogP contribution is -1.94. The van der Waals surface area contributed by atoms with Gasteiger partial charge in [-0.15, -0.1) is 0 Å². The molecule has 1 N–H and O–H groups in total. The minimum absolute atomic E-state index is 0.0150. The molecule has 0 aliphatic heterocycles. The Morgan fingerprint density at radius 2 is 2.50 bits per heavy atom. The zero-order valence-electron chi connectivity index (χ0n) is 5.37. The van der Waals surface area contributed by atoms with Gasteiger partial charge >= 0.3 is 0 Å². The van der Waals surface area contributed by atoms with Crippen molar-refractivity contribution in [2.45, 2.75) is 4.83 Å². The summed E-state index contributed by atoms with van der Waals surface area (Å²) in [6.07, 6.45) is 3.44. The second-order valence-electron chi connectivity index (χ2n) is 1.94. The molecule has 0 radical (unpaired) electrons. The third-order valence-corrected chi connectivity index (χ3v) is 2.02. The fourth-order valence-electron chi connectivity index (χ4n) is 0.667. The lowest BCUT2D eigenvalue weighted by atomic mass is 10.2. The number of halogens is 1. The molecule has 0 spiro atoms. The highest BCUT2D eigenvalue weighted by molar-refractivity contribution is 9.09. The molecular weight excluding hydrogens is 194 g/mol. The summed E-state index contributed by atoms with van der Waals surface area (Å²) in [7, 11) is 0. The number of rotatable bonds is 2. The molecule has 0 fully saturated rings.